The highest BCUT2D eigenvalue weighted by molar-refractivity contribution is 9.11. The molecule has 0 aliphatic heterocycles. The third-order valence-corrected chi connectivity index (χ3v) is 3.50. The first-order valence-electron chi connectivity index (χ1n) is 4.88. The number of aromatic nitrogens is 1. The third-order valence-electron chi connectivity index (χ3n) is 2.46. The van der Waals surface area contributed by atoms with Crippen LogP contribution in [0.2, 0.25) is 0 Å². The second kappa shape index (κ2) is 4.83. The predicted molar refractivity (Wildman–Crippen MR) is 72.2 cm³/mol. The zero-order valence-electron chi connectivity index (χ0n) is 9.44. The summed E-state index contributed by atoms with van der Waals surface area (Å²) in [6.07, 6.45) is 1.79. The van der Waals surface area contributed by atoms with Gasteiger partial charge < -0.3 is 5.32 Å². The van der Waals surface area contributed by atoms with Gasteiger partial charge in [-0.05, 0) is 50.3 Å². The Labute approximate surface area is 108 Å². The van der Waals surface area contributed by atoms with Gasteiger partial charge in [0.05, 0.1) is 4.47 Å². The van der Waals surface area contributed by atoms with Gasteiger partial charge in [-0.15, -0.1) is 0 Å². The Morgan fingerprint density at radius 1 is 1.33 bits per heavy atom. The van der Waals surface area contributed by atoms with Gasteiger partial charge in [0.2, 0.25) is 0 Å². The predicted octanol–water partition coefficient (Wildman–Crippen LogP) is 4.45. The number of halogens is 2. The van der Waals surface area contributed by atoms with E-state index >= 15 is 0 Å². The van der Waals surface area contributed by atoms with Gasteiger partial charge in [0.1, 0.15) is 5.82 Å². The maximum atomic E-state index is 4.33. The summed E-state index contributed by atoms with van der Waals surface area (Å²) in [5, 5.41) is 3.40. The molecule has 0 bridgehead atoms. The lowest BCUT2D eigenvalue weighted by molar-refractivity contribution is 0.358. The Morgan fingerprint density at radius 3 is 2.40 bits per heavy atom. The Bertz CT molecular complexity index is 345. The van der Waals surface area contributed by atoms with Crippen LogP contribution in [0.25, 0.3) is 0 Å². The van der Waals surface area contributed by atoms with E-state index in [-0.39, 0.29) is 5.41 Å². The van der Waals surface area contributed by atoms with Crippen LogP contribution in [0.1, 0.15) is 27.7 Å². The summed E-state index contributed by atoms with van der Waals surface area (Å²) < 4.78 is 1.95. The van der Waals surface area contributed by atoms with Gasteiger partial charge in [-0.3, -0.25) is 0 Å². The van der Waals surface area contributed by atoms with E-state index < -0.39 is 0 Å². The standard InChI is InChI=1S/C11H16Br2N2/c1-7(11(2,3)4)15-10-9(13)5-8(12)6-14-10/h5-7H,1-4H3,(H,14,15). The van der Waals surface area contributed by atoms with E-state index in [0.717, 1.165) is 14.8 Å². The van der Waals surface area contributed by atoms with Gasteiger partial charge in [0.25, 0.3) is 0 Å². The number of rotatable bonds is 2. The van der Waals surface area contributed by atoms with E-state index in [1.807, 2.05) is 6.07 Å². The lowest BCUT2D eigenvalue weighted by Crippen LogP contribution is -2.31. The van der Waals surface area contributed by atoms with Crippen LogP contribution in [0.15, 0.2) is 21.2 Å². The molecule has 0 aromatic carbocycles. The van der Waals surface area contributed by atoms with Crippen LogP contribution in [0.5, 0.6) is 0 Å². The molecular weight excluding hydrogens is 320 g/mol. The average molecular weight is 336 g/mol. The molecule has 0 radical (unpaired) electrons. The highest BCUT2D eigenvalue weighted by Crippen LogP contribution is 2.27. The molecule has 0 spiro atoms. The van der Waals surface area contributed by atoms with Gasteiger partial charge in [0.15, 0.2) is 0 Å². The summed E-state index contributed by atoms with van der Waals surface area (Å²) in [6, 6.07) is 2.35. The molecule has 0 aliphatic carbocycles. The van der Waals surface area contributed by atoms with Crippen molar-refractivity contribution in [1.82, 2.24) is 4.98 Å². The van der Waals surface area contributed by atoms with Crippen molar-refractivity contribution in [2.24, 2.45) is 5.41 Å². The maximum absolute atomic E-state index is 4.33. The molecule has 1 atom stereocenters. The van der Waals surface area contributed by atoms with Gasteiger partial charge in [-0.2, -0.15) is 0 Å². The van der Waals surface area contributed by atoms with Crippen LogP contribution in [-0.4, -0.2) is 11.0 Å². The van der Waals surface area contributed by atoms with Crippen LogP contribution in [0.3, 0.4) is 0 Å². The second-order valence-corrected chi connectivity index (χ2v) is 6.49. The SMILES string of the molecule is CC(Nc1ncc(Br)cc1Br)C(C)(C)C. The molecule has 1 N–H and O–H groups in total. The van der Waals surface area contributed by atoms with Crippen LogP contribution < -0.4 is 5.32 Å². The maximum Gasteiger partial charge on any atom is 0.140 e. The first-order chi connectivity index (χ1) is 6.80. The molecule has 84 valence electrons. The normalized spacial score (nSPS) is 13.7. The minimum atomic E-state index is 0.216. The zero-order valence-corrected chi connectivity index (χ0v) is 12.6. The molecule has 0 fully saturated rings. The Balaban J connectivity index is 2.82. The number of nitrogens with zero attached hydrogens (tertiary/aromatic N) is 1. The van der Waals surface area contributed by atoms with Crippen LogP contribution in [0.4, 0.5) is 5.82 Å². The highest BCUT2D eigenvalue weighted by atomic mass is 79.9. The molecule has 15 heavy (non-hydrogen) atoms. The molecule has 2 nitrogen and oxygen atoms in total. The summed E-state index contributed by atoms with van der Waals surface area (Å²) >= 11 is 6.87. The summed E-state index contributed by atoms with van der Waals surface area (Å²) in [5.41, 5.74) is 0.216. The summed E-state index contributed by atoms with van der Waals surface area (Å²) in [5.74, 6) is 0.889. The monoisotopic (exact) mass is 334 g/mol. The zero-order chi connectivity index (χ0) is 11.6. The molecule has 0 amide bonds. The van der Waals surface area contributed by atoms with Crippen molar-refractivity contribution < 1.29 is 0 Å². The molecular formula is C11H16Br2N2. The topological polar surface area (TPSA) is 24.9 Å². The smallest absolute Gasteiger partial charge is 0.140 e. The molecule has 1 heterocycles. The molecule has 0 aliphatic rings. The third kappa shape index (κ3) is 3.76. The average Bonchev–Trinajstić information content (AvgIpc) is 2.08. The lowest BCUT2D eigenvalue weighted by atomic mass is 9.88. The molecule has 1 unspecified atom stereocenters. The number of nitrogens with one attached hydrogen (secondary N) is 1. The molecule has 1 aromatic heterocycles. The van der Waals surface area contributed by atoms with E-state index in [9.17, 15) is 0 Å². The fourth-order valence-corrected chi connectivity index (χ4v) is 2.04. The Kier molecular flexibility index (Phi) is 4.18. The van der Waals surface area contributed by atoms with Crippen LogP contribution >= 0.6 is 31.9 Å². The van der Waals surface area contributed by atoms with E-state index in [2.05, 4.69) is 69.9 Å². The minimum absolute atomic E-state index is 0.216. The summed E-state index contributed by atoms with van der Waals surface area (Å²) in [6.45, 7) is 8.78. The van der Waals surface area contributed by atoms with Crippen LogP contribution in [0, 0.1) is 5.41 Å². The van der Waals surface area contributed by atoms with Gasteiger partial charge >= 0.3 is 0 Å². The quantitative estimate of drug-likeness (QED) is 0.863. The van der Waals surface area contributed by atoms with Gasteiger partial charge in [-0.25, -0.2) is 4.98 Å². The van der Waals surface area contributed by atoms with Crippen molar-refractivity contribution in [1.29, 1.82) is 0 Å². The van der Waals surface area contributed by atoms with Gasteiger partial charge in [0, 0.05) is 16.7 Å². The van der Waals surface area contributed by atoms with Crippen molar-refractivity contribution in [3.63, 3.8) is 0 Å². The highest BCUT2D eigenvalue weighted by Gasteiger charge is 2.20. The Morgan fingerprint density at radius 2 is 1.93 bits per heavy atom. The number of hydrogen-bond acceptors (Lipinski definition) is 2. The van der Waals surface area contributed by atoms with Gasteiger partial charge in [-0.1, -0.05) is 20.8 Å². The van der Waals surface area contributed by atoms with E-state index in [1.54, 1.807) is 6.20 Å². The van der Waals surface area contributed by atoms with Crippen molar-refractivity contribution in [3.8, 4) is 0 Å². The fourth-order valence-electron chi connectivity index (χ4n) is 0.942. The molecule has 4 heteroatoms. The Hall–Kier alpha value is -0.0900. The number of anilines is 1. The second-order valence-electron chi connectivity index (χ2n) is 4.72. The first kappa shape index (κ1) is 13.0. The molecule has 1 aromatic rings. The van der Waals surface area contributed by atoms with E-state index in [4.69, 9.17) is 0 Å². The number of pyridine rings is 1. The van der Waals surface area contributed by atoms with Crippen molar-refractivity contribution in [2.45, 2.75) is 33.7 Å². The molecule has 0 saturated carbocycles. The minimum Gasteiger partial charge on any atom is -0.366 e. The molecule has 0 saturated heterocycles. The first-order valence-corrected chi connectivity index (χ1v) is 6.47. The number of hydrogen-bond donors (Lipinski definition) is 1. The van der Waals surface area contributed by atoms with Crippen molar-refractivity contribution >= 4 is 37.7 Å². The summed E-state index contributed by atoms with van der Waals surface area (Å²) in [4.78, 5) is 4.33. The van der Waals surface area contributed by atoms with E-state index in [1.165, 1.54) is 0 Å². The van der Waals surface area contributed by atoms with Crippen molar-refractivity contribution in [3.05, 3.63) is 21.2 Å². The summed E-state index contributed by atoms with van der Waals surface area (Å²) in [7, 11) is 0. The van der Waals surface area contributed by atoms with Crippen LogP contribution in [-0.2, 0) is 0 Å². The fraction of sp³-hybridized carbons (Fsp3) is 0.545. The lowest BCUT2D eigenvalue weighted by Gasteiger charge is -2.28. The van der Waals surface area contributed by atoms with E-state index in [0.29, 0.717) is 6.04 Å². The largest absolute Gasteiger partial charge is 0.366 e. The van der Waals surface area contributed by atoms with Crippen molar-refractivity contribution in [2.75, 3.05) is 5.32 Å². The molecule has 1 rings (SSSR count).